The molecule has 0 spiro atoms. The summed E-state index contributed by atoms with van der Waals surface area (Å²) in [6.07, 6.45) is 0.960. The lowest BCUT2D eigenvalue weighted by atomic mass is 10.2. The first-order valence-corrected chi connectivity index (χ1v) is 5.08. The number of carbonyl (C=O) groups is 1. The minimum Gasteiger partial charge on any atom is -0.493 e. The second kappa shape index (κ2) is 6.06. The number of para-hydroxylation sites is 1. The molecule has 0 radical (unpaired) electrons. The van der Waals surface area contributed by atoms with Crippen LogP contribution in [0, 0.1) is 0 Å². The van der Waals surface area contributed by atoms with Gasteiger partial charge in [-0.15, -0.1) is 0 Å². The average molecular weight is 208 g/mol. The van der Waals surface area contributed by atoms with Crippen LogP contribution in [0.15, 0.2) is 24.3 Å². The Kier molecular flexibility index (Phi) is 4.68. The standard InChI is InChI=1S/C12H16O3/c1-3-8-14-12-7-5-4-6-11(12)9-15-10(2)13/h4-7H,3,8-9H2,1-2H3. The van der Waals surface area contributed by atoms with Gasteiger partial charge < -0.3 is 9.47 Å². The van der Waals surface area contributed by atoms with E-state index >= 15 is 0 Å². The van der Waals surface area contributed by atoms with Crippen molar-refractivity contribution < 1.29 is 14.3 Å². The molecule has 0 amide bonds. The van der Waals surface area contributed by atoms with E-state index in [1.165, 1.54) is 6.92 Å². The number of rotatable bonds is 5. The Morgan fingerprint density at radius 3 is 2.73 bits per heavy atom. The summed E-state index contributed by atoms with van der Waals surface area (Å²) in [4.78, 5) is 10.7. The van der Waals surface area contributed by atoms with E-state index in [0.717, 1.165) is 17.7 Å². The number of hydrogen-bond donors (Lipinski definition) is 0. The van der Waals surface area contributed by atoms with Crippen molar-refractivity contribution in [2.45, 2.75) is 26.9 Å². The molecule has 1 rings (SSSR count). The Labute approximate surface area is 90.0 Å². The highest BCUT2D eigenvalue weighted by atomic mass is 16.5. The highest BCUT2D eigenvalue weighted by Gasteiger charge is 2.03. The third-order valence-corrected chi connectivity index (χ3v) is 1.87. The molecule has 0 aromatic heterocycles. The summed E-state index contributed by atoms with van der Waals surface area (Å²) >= 11 is 0. The van der Waals surface area contributed by atoms with E-state index in [1.807, 2.05) is 24.3 Å². The van der Waals surface area contributed by atoms with Crippen LogP contribution in [-0.4, -0.2) is 12.6 Å². The Morgan fingerprint density at radius 1 is 1.33 bits per heavy atom. The van der Waals surface area contributed by atoms with Crippen molar-refractivity contribution >= 4 is 5.97 Å². The SMILES string of the molecule is CCCOc1ccccc1COC(C)=O. The van der Waals surface area contributed by atoms with E-state index in [2.05, 4.69) is 6.92 Å². The molecular formula is C12H16O3. The van der Waals surface area contributed by atoms with Crippen LogP contribution in [-0.2, 0) is 16.1 Å². The fourth-order valence-corrected chi connectivity index (χ4v) is 1.16. The van der Waals surface area contributed by atoms with Crippen molar-refractivity contribution in [1.82, 2.24) is 0 Å². The van der Waals surface area contributed by atoms with Gasteiger partial charge in [-0.2, -0.15) is 0 Å². The predicted molar refractivity (Wildman–Crippen MR) is 57.7 cm³/mol. The van der Waals surface area contributed by atoms with Gasteiger partial charge in [0.1, 0.15) is 12.4 Å². The van der Waals surface area contributed by atoms with E-state index in [-0.39, 0.29) is 12.6 Å². The van der Waals surface area contributed by atoms with Crippen LogP contribution in [0.4, 0.5) is 0 Å². The van der Waals surface area contributed by atoms with Gasteiger partial charge in [-0.05, 0) is 12.5 Å². The zero-order chi connectivity index (χ0) is 11.1. The van der Waals surface area contributed by atoms with Crippen LogP contribution in [0.2, 0.25) is 0 Å². The molecule has 0 N–H and O–H groups in total. The van der Waals surface area contributed by atoms with Crippen molar-refractivity contribution in [3.63, 3.8) is 0 Å². The van der Waals surface area contributed by atoms with E-state index < -0.39 is 0 Å². The van der Waals surface area contributed by atoms with Crippen molar-refractivity contribution in [3.8, 4) is 5.75 Å². The van der Waals surface area contributed by atoms with E-state index in [1.54, 1.807) is 0 Å². The molecular weight excluding hydrogens is 192 g/mol. The van der Waals surface area contributed by atoms with Gasteiger partial charge in [-0.3, -0.25) is 4.79 Å². The van der Waals surface area contributed by atoms with Gasteiger partial charge in [0, 0.05) is 12.5 Å². The first-order chi connectivity index (χ1) is 7.24. The fourth-order valence-electron chi connectivity index (χ4n) is 1.16. The smallest absolute Gasteiger partial charge is 0.302 e. The van der Waals surface area contributed by atoms with Crippen LogP contribution in [0.1, 0.15) is 25.8 Å². The number of ether oxygens (including phenoxy) is 2. The molecule has 3 heteroatoms. The summed E-state index contributed by atoms with van der Waals surface area (Å²) in [5.74, 6) is 0.515. The first kappa shape index (κ1) is 11.6. The number of esters is 1. The van der Waals surface area contributed by atoms with Gasteiger partial charge in [-0.1, -0.05) is 25.1 Å². The monoisotopic (exact) mass is 208 g/mol. The lowest BCUT2D eigenvalue weighted by molar-refractivity contribution is -0.142. The lowest BCUT2D eigenvalue weighted by Gasteiger charge is -2.10. The second-order valence-electron chi connectivity index (χ2n) is 3.24. The molecule has 0 fully saturated rings. The molecule has 0 aliphatic carbocycles. The highest BCUT2D eigenvalue weighted by Crippen LogP contribution is 2.18. The van der Waals surface area contributed by atoms with Crippen LogP contribution >= 0.6 is 0 Å². The van der Waals surface area contributed by atoms with E-state index in [0.29, 0.717) is 6.61 Å². The molecule has 0 unspecified atom stereocenters. The van der Waals surface area contributed by atoms with Crippen LogP contribution in [0.3, 0.4) is 0 Å². The molecule has 0 saturated heterocycles. The molecule has 0 heterocycles. The van der Waals surface area contributed by atoms with E-state index in [9.17, 15) is 4.79 Å². The maximum Gasteiger partial charge on any atom is 0.302 e. The van der Waals surface area contributed by atoms with Gasteiger partial charge >= 0.3 is 5.97 Å². The topological polar surface area (TPSA) is 35.5 Å². The summed E-state index contributed by atoms with van der Waals surface area (Å²) in [6.45, 7) is 4.40. The Bertz CT molecular complexity index is 320. The minimum absolute atomic E-state index is 0.273. The molecule has 0 aliphatic heterocycles. The fraction of sp³-hybridized carbons (Fsp3) is 0.417. The van der Waals surface area contributed by atoms with Gasteiger partial charge in [0.15, 0.2) is 0 Å². The summed E-state index contributed by atoms with van der Waals surface area (Å²) in [5.41, 5.74) is 0.904. The average Bonchev–Trinajstić information content (AvgIpc) is 2.24. The van der Waals surface area contributed by atoms with Crippen LogP contribution in [0.25, 0.3) is 0 Å². The second-order valence-corrected chi connectivity index (χ2v) is 3.24. The molecule has 0 atom stereocenters. The Morgan fingerprint density at radius 2 is 2.07 bits per heavy atom. The maximum absolute atomic E-state index is 10.7. The Balaban J connectivity index is 2.63. The zero-order valence-electron chi connectivity index (χ0n) is 9.16. The maximum atomic E-state index is 10.7. The third-order valence-electron chi connectivity index (χ3n) is 1.87. The predicted octanol–water partition coefficient (Wildman–Crippen LogP) is 2.54. The third kappa shape index (κ3) is 4.02. The molecule has 0 bridgehead atoms. The molecule has 1 aromatic rings. The zero-order valence-corrected chi connectivity index (χ0v) is 9.16. The largest absolute Gasteiger partial charge is 0.493 e. The quantitative estimate of drug-likeness (QED) is 0.697. The summed E-state index contributed by atoms with van der Waals surface area (Å²) in [6, 6.07) is 7.59. The molecule has 0 saturated carbocycles. The molecule has 82 valence electrons. The van der Waals surface area contributed by atoms with Crippen LogP contribution < -0.4 is 4.74 Å². The Hall–Kier alpha value is -1.51. The summed E-state index contributed by atoms with van der Waals surface area (Å²) in [5, 5.41) is 0. The summed E-state index contributed by atoms with van der Waals surface area (Å²) in [7, 11) is 0. The van der Waals surface area contributed by atoms with Crippen molar-refractivity contribution in [1.29, 1.82) is 0 Å². The summed E-state index contributed by atoms with van der Waals surface area (Å²) < 4.78 is 10.5. The van der Waals surface area contributed by atoms with Gasteiger partial charge in [-0.25, -0.2) is 0 Å². The van der Waals surface area contributed by atoms with Gasteiger partial charge in [0.05, 0.1) is 6.61 Å². The van der Waals surface area contributed by atoms with Gasteiger partial charge in [0.2, 0.25) is 0 Å². The molecule has 3 nitrogen and oxygen atoms in total. The van der Waals surface area contributed by atoms with Crippen molar-refractivity contribution in [2.24, 2.45) is 0 Å². The van der Waals surface area contributed by atoms with E-state index in [4.69, 9.17) is 9.47 Å². The molecule has 1 aromatic carbocycles. The van der Waals surface area contributed by atoms with Crippen LogP contribution in [0.5, 0.6) is 5.75 Å². The number of benzene rings is 1. The molecule has 15 heavy (non-hydrogen) atoms. The van der Waals surface area contributed by atoms with Crippen molar-refractivity contribution in [2.75, 3.05) is 6.61 Å². The minimum atomic E-state index is -0.278. The van der Waals surface area contributed by atoms with Gasteiger partial charge in [0.25, 0.3) is 0 Å². The lowest BCUT2D eigenvalue weighted by Crippen LogP contribution is -2.03. The molecule has 0 aliphatic rings. The number of carbonyl (C=O) groups excluding carboxylic acids is 1. The normalized spacial score (nSPS) is 9.73. The highest BCUT2D eigenvalue weighted by molar-refractivity contribution is 5.66. The van der Waals surface area contributed by atoms with Crippen molar-refractivity contribution in [3.05, 3.63) is 29.8 Å². The first-order valence-electron chi connectivity index (χ1n) is 5.08. The number of hydrogen-bond acceptors (Lipinski definition) is 3.